The van der Waals surface area contributed by atoms with Crippen LogP contribution in [-0.4, -0.2) is 22.9 Å². The van der Waals surface area contributed by atoms with Crippen molar-refractivity contribution in [3.8, 4) is 0 Å². The monoisotopic (exact) mass is 276 g/mol. The normalized spacial score (nSPS) is 12.4. The van der Waals surface area contributed by atoms with Crippen molar-refractivity contribution in [1.29, 1.82) is 0 Å². The third-order valence-corrected chi connectivity index (χ3v) is 3.38. The molecule has 0 spiro atoms. The fourth-order valence-corrected chi connectivity index (χ4v) is 2.17. The van der Waals surface area contributed by atoms with E-state index in [1.807, 2.05) is 11.6 Å². The zero-order valence-corrected chi connectivity index (χ0v) is 12.3. The Morgan fingerprint density at radius 2 is 2.15 bits per heavy atom. The number of methoxy groups -OCH3 is 1. The summed E-state index contributed by atoms with van der Waals surface area (Å²) in [5, 5.41) is 4.59. The third kappa shape index (κ3) is 2.61. The molecule has 5 nitrogen and oxygen atoms in total. The van der Waals surface area contributed by atoms with Crippen LogP contribution in [0.3, 0.4) is 0 Å². The summed E-state index contributed by atoms with van der Waals surface area (Å²) >= 11 is 0. The summed E-state index contributed by atoms with van der Waals surface area (Å²) in [4.78, 5) is 11.4. The average Bonchev–Trinajstić information content (AvgIpc) is 3.11. The van der Waals surface area contributed by atoms with Gasteiger partial charge in [-0.05, 0) is 38.0 Å². The molecular formula is C15H20N2O3. The molecule has 2 aromatic rings. The SMILES string of the molecule is CCc1cc(CC)n(C(C)c2ccc(C(=O)OC)o2)n1. The number of carbonyl (C=O) groups is 1. The Labute approximate surface area is 118 Å². The van der Waals surface area contributed by atoms with Crippen molar-refractivity contribution in [3.63, 3.8) is 0 Å². The van der Waals surface area contributed by atoms with Gasteiger partial charge in [0.2, 0.25) is 5.76 Å². The Hall–Kier alpha value is -2.04. The van der Waals surface area contributed by atoms with Gasteiger partial charge in [-0.3, -0.25) is 4.68 Å². The van der Waals surface area contributed by atoms with Crippen molar-refractivity contribution < 1.29 is 13.9 Å². The van der Waals surface area contributed by atoms with Crippen LogP contribution in [0, 0.1) is 0 Å². The van der Waals surface area contributed by atoms with Crippen LogP contribution in [0.25, 0.3) is 0 Å². The molecular weight excluding hydrogens is 256 g/mol. The fraction of sp³-hybridized carbons (Fsp3) is 0.467. The van der Waals surface area contributed by atoms with Crippen LogP contribution in [0.15, 0.2) is 22.6 Å². The highest BCUT2D eigenvalue weighted by Crippen LogP contribution is 2.23. The fourth-order valence-electron chi connectivity index (χ4n) is 2.17. The molecule has 0 N–H and O–H groups in total. The third-order valence-electron chi connectivity index (χ3n) is 3.38. The van der Waals surface area contributed by atoms with E-state index in [9.17, 15) is 4.79 Å². The summed E-state index contributed by atoms with van der Waals surface area (Å²) in [5.41, 5.74) is 2.22. The van der Waals surface area contributed by atoms with Crippen LogP contribution in [-0.2, 0) is 17.6 Å². The first-order valence-corrected chi connectivity index (χ1v) is 6.86. The standard InChI is InChI=1S/C15H20N2O3/c1-5-11-9-12(6-2)17(16-11)10(3)13-7-8-14(20-13)15(18)19-4/h7-10H,5-6H2,1-4H3. The van der Waals surface area contributed by atoms with E-state index in [1.54, 1.807) is 12.1 Å². The van der Waals surface area contributed by atoms with Gasteiger partial charge in [-0.1, -0.05) is 13.8 Å². The molecule has 5 heteroatoms. The van der Waals surface area contributed by atoms with Crippen molar-refractivity contribution in [2.75, 3.05) is 7.11 Å². The molecule has 1 atom stereocenters. The maximum Gasteiger partial charge on any atom is 0.373 e. The molecule has 0 aliphatic heterocycles. The first-order valence-electron chi connectivity index (χ1n) is 6.86. The zero-order chi connectivity index (χ0) is 14.7. The molecule has 0 saturated carbocycles. The van der Waals surface area contributed by atoms with E-state index in [2.05, 4.69) is 29.7 Å². The van der Waals surface area contributed by atoms with E-state index in [-0.39, 0.29) is 11.8 Å². The van der Waals surface area contributed by atoms with Crippen LogP contribution in [0.4, 0.5) is 0 Å². The predicted molar refractivity (Wildman–Crippen MR) is 74.8 cm³/mol. The van der Waals surface area contributed by atoms with Crippen LogP contribution in [0.5, 0.6) is 0 Å². The number of hydrogen-bond donors (Lipinski definition) is 0. The van der Waals surface area contributed by atoms with E-state index in [0.717, 1.165) is 24.2 Å². The molecule has 2 heterocycles. The predicted octanol–water partition coefficient (Wildman–Crippen LogP) is 3.00. The minimum absolute atomic E-state index is 0.0522. The lowest BCUT2D eigenvalue weighted by atomic mass is 10.2. The Balaban J connectivity index is 2.30. The number of ether oxygens (including phenoxy) is 1. The Morgan fingerprint density at radius 3 is 2.75 bits per heavy atom. The molecule has 0 bridgehead atoms. The van der Waals surface area contributed by atoms with E-state index >= 15 is 0 Å². The minimum Gasteiger partial charge on any atom is -0.463 e. The molecule has 0 aliphatic carbocycles. The number of aryl methyl sites for hydroxylation is 2. The van der Waals surface area contributed by atoms with E-state index in [0.29, 0.717) is 5.76 Å². The smallest absolute Gasteiger partial charge is 0.373 e. The number of carbonyl (C=O) groups excluding carboxylic acids is 1. The highest BCUT2D eigenvalue weighted by molar-refractivity contribution is 5.86. The maximum absolute atomic E-state index is 11.4. The topological polar surface area (TPSA) is 57.3 Å². The summed E-state index contributed by atoms with van der Waals surface area (Å²) in [7, 11) is 1.34. The molecule has 0 saturated heterocycles. The summed E-state index contributed by atoms with van der Waals surface area (Å²) in [6.45, 7) is 6.19. The Kier molecular flexibility index (Phi) is 4.27. The van der Waals surface area contributed by atoms with Crippen molar-refractivity contribution >= 4 is 5.97 Å². The molecule has 108 valence electrons. The van der Waals surface area contributed by atoms with Crippen LogP contribution >= 0.6 is 0 Å². The first kappa shape index (κ1) is 14.4. The molecule has 20 heavy (non-hydrogen) atoms. The second kappa shape index (κ2) is 5.94. The van der Waals surface area contributed by atoms with Gasteiger partial charge in [0.15, 0.2) is 0 Å². The van der Waals surface area contributed by atoms with Crippen LogP contribution < -0.4 is 0 Å². The Morgan fingerprint density at radius 1 is 1.40 bits per heavy atom. The second-order valence-electron chi connectivity index (χ2n) is 4.65. The van der Waals surface area contributed by atoms with Crippen LogP contribution in [0.1, 0.15) is 54.5 Å². The van der Waals surface area contributed by atoms with Crippen molar-refractivity contribution in [1.82, 2.24) is 9.78 Å². The lowest BCUT2D eigenvalue weighted by Crippen LogP contribution is -2.11. The highest BCUT2D eigenvalue weighted by atomic mass is 16.5. The van der Waals surface area contributed by atoms with Crippen molar-refractivity contribution in [3.05, 3.63) is 41.1 Å². The molecule has 0 amide bonds. The minimum atomic E-state index is -0.464. The first-order chi connectivity index (χ1) is 9.60. The quantitative estimate of drug-likeness (QED) is 0.788. The van der Waals surface area contributed by atoms with Crippen LogP contribution in [0.2, 0.25) is 0 Å². The van der Waals surface area contributed by atoms with E-state index in [4.69, 9.17) is 4.42 Å². The highest BCUT2D eigenvalue weighted by Gasteiger charge is 2.19. The number of hydrogen-bond acceptors (Lipinski definition) is 4. The molecule has 0 aliphatic rings. The van der Waals surface area contributed by atoms with Gasteiger partial charge < -0.3 is 9.15 Å². The largest absolute Gasteiger partial charge is 0.463 e. The Bertz CT molecular complexity index is 598. The molecule has 2 aromatic heterocycles. The molecule has 0 fully saturated rings. The molecule has 0 aromatic carbocycles. The van der Waals surface area contributed by atoms with Crippen molar-refractivity contribution in [2.45, 2.75) is 39.7 Å². The van der Waals surface area contributed by atoms with Gasteiger partial charge in [-0.25, -0.2) is 4.79 Å². The summed E-state index contributed by atoms with van der Waals surface area (Å²) in [5.74, 6) is 0.454. The van der Waals surface area contributed by atoms with Crippen molar-refractivity contribution in [2.24, 2.45) is 0 Å². The number of aromatic nitrogens is 2. The van der Waals surface area contributed by atoms with Gasteiger partial charge in [0.05, 0.1) is 12.8 Å². The second-order valence-corrected chi connectivity index (χ2v) is 4.65. The van der Waals surface area contributed by atoms with E-state index in [1.165, 1.54) is 7.11 Å². The van der Waals surface area contributed by atoms with E-state index < -0.39 is 5.97 Å². The molecule has 2 rings (SSSR count). The zero-order valence-electron chi connectivity index (χ0n) is 12.3. The van der Waals surface area contributed by atoms with Gasteiger partial charge in [-0.15, -0.1) is 0 Å². The maximum atomic E-state index is 11.4. The summed E-state index contributed by atoms with van der Waals surface area (Å²) < 4.78 is 12.2. The van der Waals surface area contributed by atoms with Gasteiger partial charge in [-0.2, -0.15) is 5.10 Å². The van der Waals surface area contributed by atoms with Gasteiger partial charge >= 0.3 is 5.97 Å². The lowest BCUT2D eigenvalue weighted by molar-refractivity contribution is 0.0562. The molecule has 0 radical (unpaired) electrons. The number of rotatable bonds is 5. The van der Waals surface area contributed by atoms with Gasteiger partial charge in [0, 0.05) is 5.69 Å². The molecule has 1 unspecified atom stereocenters. The number of nitrogens with zero attached hydrogens (tertiary/aromatic N) is 2. The summed E-state index contributed by atoms with van der Waals surface area (Å²) in [6, 6.07) is 5.49. The van der Waals surface area contributed by atoms with Gasteiger partial charge in [0.25, 0.3) is 0 Å². The van der Waals surface area contributed by atoms with Gasteiger partial charge in [0.1, 0.15) is 11.8 Å². The lowest BCUT2D eigenvalue weighted by Gasteiger charge is -2.12. The summed E-state index contributed by atoms with van der Waals surface area (Å²) in [6.07, 6.45) is 1.81. The number of furan rings is 1. The average molecular weight is 276 g/mol. The number of esters is 1.